The molecule has 1 aromatic heterocycles. The number of aromatic nitrogens is 1. The molecule has 0 amide bonds. The molecule has 0 saturated heterocycles. The van der Waals surface area contributed by atoms with Gasteiger partial charge in [0.05, 0.1) is 15.2 Å². The molecule has 1 saturated carbocycles. The summed E-state index contributed by atoms with van der Waals surface area (Å²) in [6.07, 6.45) is 5.33. The van der Waals surface area contributed by atoms with E-state index in [1.807, 2.05) is 11.3 Å². The summed E-state index contributed by atoms with van der Waals surface area (Å²) >= 11 is 1.88. The van der Waals surface area contributed by atoms with Crippen LogP contribution in [0.1, 0.15) is 38.1 Å². The number of nitrogens with one attached hydrogen (secondary N) is 1. The van der Waals surface area contributed by atoms with Gasteiger partial charge in [0.15, 0.2) is 0 Å². The van der Waals surface area contributed by atoms with Crippen molar-refractivity contribution in [3.05, 3.63) is 29.3 Å². The molecular formula is C18H26N2S. The molecule has 1 heterocycles. The van der Waals surface area contributed by atoms with Crippen molar-refractivity contribution in [1.82, 2.24) is 10.3 Å². The molecule has 2 nitrogen and oxygen atoms in total. The van der Waals surface area contributed by atoms with E-state index in [1.165, 1.54) is 47.5 Å². The zero-order chi connectivity index (χ0) is 14.7. The molecule has 3 rings (SSSR count). The van der Waals surface area contributed by atoms with Crippen LogP contribution in [0.15, 0.2) is 24.3 Å². The van der Waals surface area contributed by atoms with Crippen LogP contribution in [0.25, 0.3) is 10.2 Å². The van der Waals surface area contributed by atoms with Crippen molar-refractivity contribution in [2.24, 2.45) is 17.8 Å². The molecule has 1 aromatic carbocycles. The van der Waals surface area contributed by atoms with Crippen LogP contribution >= 0.6 is 11.3 Å². The molecule has 1 aliphatic carbocycles. The zero-order valence-electron chi connectivity index (χ0n) is 13.1. The number of benzene rings is 1. The molecule has 3 heteroatoms. The topological polar surface area (TPSA) is 24.9 Å². The van der Waals surface area contributed by atoms with Gasteiger partial charge in [0.25, 0.3) is 0 Å². The van der Waals surface area contributed by atoms with Gasteiger partial charge in [-0.2, -0.15) is 0 Å². The monoisotopic (exact) mass is 302 g/mol. The van der Waals surface area contributed by atoms with Crippen molar-refractivity contribution in [2.75, 3.05) is 13.1 Å². The summed E-state index contributed by atoms with van der Waals surface area (Å²) in [5.41, 5.74) is 1.17. The minimum absolute atomic E-state index is 0.745. The molecule has 0 bridgehead atoms. The summed E-state index contributed by atoms with van der Waals surface area (Å²) in [6, 6.07) is 8.51. The van der Waals surface area contributed by atoms with E-state index in [1.54, 1.807) is 0 Å². The molecule has 0 radical (unpaired) electrons. The highest BCUT2D eigenvalue weighted by atomic mass is 32.1. The summed E-state index contributed by atoms with van der Waals surface area (Å²) in [7, 11) is 0. The van der Waals surface area contributed by atoms with Crippen molar-refractivity contribution in [3.63, 3.8) is 0 Å². The van der Waals surface area contributed by atoms with Crippen LogP contribution in [-0.4, -0.2) is 18.1 Å². The number of nitrogens with zero attached hydrogens (tertiary/aromatic N) is 1. The summed E-state index contributed by atoms with van der Waals surface area (Å²) in [5, 5.41) is 4.98. The number of hydrogen-bond acceptors (Lipinski definition) is 3. The Morgan fingerprint density at radius 2 is 2.05 bits per heavy atom. The Morgan fingerprint density at radius 1 is 1.24 bits per heavy atom. The maximum absolute atomic E-state index is 4.82. The Balaban J connectivity index is 1.60. The molecule has 0 aliphatic heterocycles. The van der Waals surface area contributed by atoms with Gasteiger partial charge in [0.1, 0.15) is 0 Å². The van der Waals surface area contributed by atoms with Crippen molar-refractivity contribution in [2.45, 2.75) is 39.5 Å². The third-order valence-electron chi connectivity index (χ3n) is 4.55. The zero-order valence-corrected chi connectivity index (χ0v) is 14.0. The molecule has 2 unspecified atom stereocenters. The summed E-state index contributed by atoms with van der Waals surface area (Å²) in [4.78, 5) is 4.82. The van der Waals surface area contributed by atoms with Crippen molar-refractivity contribution in [1.29, 1.82) is 0 Å². The second kappa shape index (κ2) is 6.89. The van der Waals surface area contributed by atoms with Crippen molar-refractivity contribution >= 4 is 21.6 Å². The van der Waals surface area contributed by atoms with Gasteiger partial charge in [0.2, 0.25) is 0 Å². The highest BCUT2D eigenvalue weighted by molar-refractivity contribution is 7.18. The second-order valence-corrected chi connectivity index (χ2v) is 7.90. The van der Waals surface area contributed by atoms with Gasteiger partial charge in [0, 0.05) is 6.42 Å². The fourth-order valence-electron chi connectivity index (χ4n) is 3.44. The van der Waals surface area contributed by atoms with Gasteiger partial charge in [-0.05, 0) is 55.8 Å². The van der Waals surface area contributed by atoms with Crippen LogP contribution < -0.4 is 5.32 Å². The van der Waals surface area contributed by atoms with Gasteiger partial charge in [-0.25, -0.2) is 4.98 Å². The van der Waals surface area contributed by atoms with Gasteiger partial charge >= 0.3 is 0 Å². The number of rotatable bonds is 6. The standard InChI is InChI=1S/C18H26N2S/c1-13(2)11-19-12-15-7-5-6-14(15)10-18-20-16-8-3-4-9-17(16)21-18/h3-4,8-9,13-15,19H,5-7,10-12H2,1-2H3. The first-order chi connectivity index (χ1) is 10.2. The Labute approximate surface area is 132 Å². The highest BCUT2D eigenvalue weighted by Crippen LogP contribution is 2.35. The first-order valence-electron chi connectivity index (χ1n) is 8.27. The molecule has 1 N–H and O–H groups in total. The first-order valence-corrected chi connectivity index (χ1v) is 9.09. The van der Waals surface area contributed by atoms with Crippen LogP contribution in [0.3, 0.4) is 0 Å². The van der Waals surface area contributed by atoms with Crippen molar-refractivity contribution in [3.8, 4) is 0 Å². The van der Waals surface area contributed by atoms with E-state index in [0.717, 1.165) is 24.3 Å². The Morgan fingerprint density at radius 3 is 2.86 bits per heavy atom. The van der Waals surface area contributed by atoms with E-state index in [4.69, 9.17) is 4.98 Å². The fourth-order valence-corrected chi connectivity index (χ4v) is 4.50. The van der Waals surface area contributed by atoms with Crippen LogP contribution in [-0.2, 0) is 6.42 Å². The van der Waals surface area contributed by atoms with Crippen LogP contribution in [0.4, 0.5) is 0 Å². The highest BCUT2D eigenvalue weighted by Gasteiger charge is 2.27. The van der Waals surface area contributed by atoms with Gasteiger partial charge in [-0.3, -0.25) is 0 Å². The van der Waals surface area contributed by atoms with Crippen LogP contribution in [0.2, 0.25) is 0 Å². The minimum atomic E-state index is 0.745. The van der Waals surface area contributed by atoms with Gasteiger partial charge < -0.3 is 5.32 Å². The summed E-state index contributed by atoms with van der Waals surface area (Å²) in [5.74, 6) is 2.41. The Hall–Kier alpha value is -0.930. The third-order valence-corrected chi connectivity index (χ3v) is 5.61. The Kier molecular flexibility index (Phi) is 4.91. The second-order valence-electron chi connectivity index (χ2n) is 6.78. The first kappa shape index (κ1) is 15.0. The van der Waals surface area contributed by atoms with Crippen LogP contribution in [0, 0.1) is 17.8 Å². The molecule has 2 atom stereocenters. The molecular weight excluding hydrogens is 276 g/mol. The molecule has 1 aliphatic rings. The molecule has 21 heavy (non-hydrogen) atoms. The minimum Gasteiger partial charge on any atom is -0.316 e. The lowest BCUT2D eigenvalue weighted by Crippen LogP contribution is -2.28. The van der Waals surface area contributed by atoms with E-state index >= 15 is 0 Å². The molecule has 0 spiro atoms. The number of para-hydroxylation sites is 1. The number of fused-ring (bicyclic) bond motifs is 1. The lowest BCUT2D eigenvalue weighted by molar-refractivity contribution is 0.357. The maximum Gasteiger partial charge on any atom is 0.0941 e. The normalized spacial score (nSPS) is 22.4. The van der Waals surface area contributed by atoms with Crippen molar-refractivity contribution < 1.29 is 0 Å². The Bertz CT molecular complexity index is 542. The average molecular weight is 302 g/mol. The van der Waals surface area contributed by atoms with E-state index in [-0.39, 0.29) is 0 Å². The quantitative estimate of drug-likeness (QED) is 0.850. The predicted molar refractivity (Wildman–Crippen MR) is 91.9 cm³/mol. The molecule has 1 fully saturated rings. The maximum atomic E-state index is 4.82. The molecule has 114 valence electrons. The average Bonchev–Trinajstić information content (AvgIpc) is 3.05. The van der Waals surface area contributed by atoms with Gasteiger partial charge in [-0.1, -0.05) is 32.4 Å². The number of hydrogen-bond donors (Lipinski definition) is 1. The van der Waals surface area contributed by atoms with E-state index < -0.39 is 0 Å². The van der Waals surface area contributed by atoms with E-state index in [9.17, 15) is 0 Å². The largest absolute Gasteiger partial charge is 0.316 e. The lowest BCUT2D eigenvalue weighted by atomic mass is 9.93. The van der Waals surface area contributed by atoms with Crippen LogP contribution in [0.5, 0.6) is 0 Å². The van der Waals surface area contributed by atoms with E-state index in [2.05, 4.69) is 43.4 Å². The number of thiazole rings is 1. The smallest absolute Gasteiger partial charge is 0.0941 e. The SMILES string of the molecule is CC(C)CNCC1CCCC1Cc1nc2ccccc2s1. The van der Waals surface area contributed by atoms with E-state index in [0.29, 0.717) is 0 Å². The third kappa shape index (κ3) is 3.83. The summed E-state index contributed by atoms with van der Waals surface area (Å²) < 4.78 is 1.33. The lowest BCUT2D eigenvalue weighted by Gasteiger charge is -2.19. The fraction of sp³-hybridized carbons (Fsp3) is 0.611. The van der Waals surface area contributed by atoms with Gasteiger partial charge in [-0.15, -0.1) is 11.3 Å². The predicted octanol–water partition coefficient (Wildman–Crippen LogP) is 4.50. The summed E-state index contributed by atoms with van der Waals surface area (Å²) in [6.45, 7) is 6.89. The molecule has 2 aromatic rings.